The van der Waals surface area contributed by atoms with E-state index in [4.69, 9.17) is 0 Å². The Hall–Kier alpha value is -1.98. The van der Waals surface area contributed by atoms with Crippen LogP contribution in [-0.4, -0.2) is 56.8 Å². The maximum absolute atomic E-state index is 12.8. The molecule has 1 aromatic heterocycles. The molecule has 0 radical (unpaired) electrons. The molecular formula is C17H26N4O2. The van der Waals surface area contributed by atoms with Crippen LogP contribution in [0.1, 0.15) is 51.0 Å². The predicted octanol–water partition coefficient (Wildman–Crippen LogP) is 1.97. The zero-order valence-corrected chi connectivity index (χ0v) is 14.4. The van der Waals surface area contributed by atoms with Gasteiger partial charge in [-0.25, -0.2) is 4.98 Å². The zero-order valence-electron chi connectivity index (χ0n) is 14.4. The molecule has 1 aromatic rings. The third kappa shape index (κ3) is 3.68. The average molecular weight is 318 g/mol. The minimum Gasteiger partial charge on any atom is -0.337 e. The molecule has 0 bridgehead atoms. The normalized spacial score (nSPS) is 17.3. The van der Waals surface area contributed by atoms with Gasteiger partial charge in [-0.1, -0.05) is 13.8 Å². The largest absolute Gasteiger partial charge is 0.337 e. The second-order valence-electron chi connectivity index (χ2n) is 6.26. The predicted molar refractivity (Wildman–Crippen MR) is 87.8 cm³/mol. The Morgan fingerprint density at radius 2 is 1.83 bits per heavy atom. The number of aromatic nitrogens is 2. The molecule has 2 amide bonds. The summed E-state index contributed by atoms with van der Waals surface area (Å²) < 4.78 is 0. The lowest BCUT2D eigenvalue weighted by molar-refractivity contribution is -0.144. The first kappa shape index (κ1) is 17.4. The number of rotatable bonds is 6. The summed E-state index contributed by atoms with van der Waals surface area (Å²) in [5.41, 5.74) is 0.333. The lowest BCUT2D eigenvalue weighted by Crippen LogP contribution is -2.59. The van der Waals surface area contributed by atoms with Gasteiger partial charge in [0, 0.05) is 37.6 Å². The van der Waals surface area contributed by atoms with Gasteiger partial charge in [-0.05, 0) is 26.7 Å². The number of likely N-dealkylation sites (tertiary alicyclic amines) is 1. The summed E-state index contributed by atoms with van der Waals surface area (Å²) in [6.07, 6.45) is 6.37. The Morgan fingerprint density at radius 1 is 1.22 bits per heavy atom. The van der Waals surface area contributed by atoms with Gasteiger partial charge in [0.2, 0.25) is 5.91 Å². The number of carbonyl (C=O) groups excluding carboxylic acids is 2. The first-order chi connectivity index (χ1) is 11.0. The molecule has 1 aliphatic heterocycles. The highest BCUT2D eigenvalue weighted by molar-refractivity contribution is 5.94. The fraction of sp³-hybridized carbons (Fsp3) is 0.647. The van der Waals surface area contributed by atoms with Crippen LogP contribution in [0.15, 0.2) is 18.6 Å². The van der Waals surface area contributed by atoms with E-state index in [0.717, 1.165) is 12.8 Å². The molecule has 0 aromatic carbocycles. The SMILES string of the molecule is CCC(C)N(C(=O)C1CN(C(=O)c2cnccn2)C1)C(C)CC. The van der Waals surface area contributed by atoms with Gasteiger partial charge >= 0.3 is 0 Å². The van der Waals surface area contributed by atoms with Gasteiger partial charge in [-0.3, -0.25) is 14.6 Å². The second kappa shape index (κ2) is 7.53. The first-order valence-electron chi connectivity index (χ1n) is 8.37. The van der Waals surface area contributed by atoms with E-state index >= 15 is 0 Å². The highest BCUT2D eigenvalue weighted by atomic mass is 16.2. The van der Waals surface area contributed by atoms with Crippen molar-refractivity contribution >= 4 is 11.8 Å². The van der Waals surface area contributed by atoms with Crippen LogP contribution >= 0.6 is 0 Å². The molecule has 2 atom stereocenters. The molecule has 0 aliphatic carbocycles. The molecule has 6 heteroatoms. The van der Waals surface area contributed by atoms with Crippen LogP contribution < -0.4 is 0 Å². The van der Waals surface area contributed by atoms with Crippen molar-refractivity contribution in [3.8, 4) is 0 Å². The van der Waals surface area contributed by atoms with Crippen LogP contribution in [0.5, 0.6) is 0 Å². The third-order valence-electron chi connectivity index (χ3n) is 4.69. The average Bonchev–Trinajstić information content (AvgIpc) is 2.53. The van der Waals surface area contributed by atoms with Gasteiger partial charge < -0.3 is 9.80 Å². The van der Waals surface area contributed by atoms with Crippen molar-refractivity contribution in [3.05, 3.63) is 24.3 Å². The molecule has 126 valence electrons. The smallest absolute Gasteiger partial charge is 0.274 e. The number of hydrogen-bond acceptors (Lipinski definition) is 4. The van der Waals surface area contributed by atoms with E-state index in [1.807, 2.05) is 4.90 Å². The van der Waals surface area contributed by atoms with Gasteiger partial charge in [0.25, 0.3) is 5.91 Å². The van der Waals surface area contributed by atoms with Crippen LogP contribution in [0.2, 0.25) is 0 Å². The highest BCUT2D eigenvalue weighted by Gasteiger charge is 2.40. The van der Waals surface area contributed by atoms with Crippen LogP contribution in [-0.2, 0) is 4.79 Å². The van der Waals surface area contributed by atoms with Gasteiger partial charge in [0.1, 0.15) is 5.69 Å². The first-order valence-corrected chi connectivity index (χ1v) is 8.37. The molecule has 0 saturated carbocycles. The molecule has 2 heterocycles. The lowest BCUT2D eigenvalue weighted by atomic mass is 9.95. The van der Waals surface area contributed by atoms with Crippen LogP contribution in [0.4, 0.5) is 0 Å². The summed E-state index contributed by atoms with van der Waals surface area (Å²) in [4.78, 5) is 36.6. The van der Waals surface area contributed by atoms with Gasteiger partial charge in [0.15, 0.2) is 0 Å². The van der Waals surface area contributed by atoms with Crippen molar-refractivity contribution in [3.63, 3.8) is 0 Å². The molecule has 1 fully saturated rings. The van der Waals surface area contributed by atoms with Crippen LogP contribution in [0.3, 0.4) is 0 Å². The molecule has 2 rings (SSSR count). The van der Waals surface area contributed by atoms with Crippen LogP contribution in [0, 0.1) is 5.92 Å². The van der Waals surface area contributed by atoms with E-state index in [0.29, 0.717) is 18.8 Å². The monoisotopic (exact) mass is 318 g/mol. The van der Waals surface area contributed by atoms with Gasteiger partial charge in [-0.2, -0.15) is 0 Å². The molecule has 0 N–H and O–H groups in total. The minimum atomic E-state index is -0.152. The number of amides is 2. The molecule has 23 heavy (non-hydrogen) atoms. The Balaban J connectivity index is 1.97. The second-order valence-corrected chi connectivity index (χ2v) is 6.26. The number of hydrogen-bond donors (Lipinski definition) is 0. The summed E-state index contributed by atoms with van der Waals surface area (Å²) in [7, 11) is 0. The molecule has 0 spiro atoms. The van der Waals surface area contributed by atoms with Gasteiger partial charge in [0.05, 0.1) is 12.1 Å². The molecule has 6 nitrogen and oxygen atoms in total. The Kier molecular flexibility index (Phi) is 5.69. The van der Waals surface area contributed by atoms with Crippen LogP contribution in [0.25, 0.3) is 0 Å². The zero-order chi connectivity index (χ0) is 17.0. The van der Waals surface area contributed by atoms with E-state index in [9.17, 15) is 9.59 Å². The fourth-order valence-corrected chi connectivity index (χ4v) is 2.85. The molecule has 2 unspecified atom stereocenters. The maximum Gasteiger partial charge on any atom is 0.274 e. The standard InChI is InChI=1S/C17H26N4O2/c1-5-12(3)21(13(4)6-2)16(22)14-10-20(11-14)17(23)15-9-18-7-8-19-15/h7-9,12-14H,5-6,10-11H2,1-4H3. The van der Waals surface area contributed by atoms with Crippen molar-refractivity contribution in [1.29, 1.82) is 0 Å². The lowest BCUT2D eigenvalue weighted by Gasteiger charge is -2.43. The topological polar surface area (TPSA) is 66.4 Å². The van der Waals surface area contributed by atoms with Crippen molar-refractivity contribution in [2.75, 3.05) is 13.1 Å². The Morgan fingerprint density at radius 3 is 2.30 bits per heavy atom. The summed E-state index contributed by atoms with van der Waals surface area (Å²) >= 11 is 0. The van der Waals surface area contributed by atoms with Crippen molar-refractivity contribution < 1.29 is 9.59 Å². The Bertz CT molecular complexity index is 533. The summed E-state index contributed by atoms with van der Waals surface area (Å²) in [6, 6.07) is 0.449. The van der Waals surface area contributed by atoms with E-state index in [-0.39, 0.29) is 29.8 Å². The number of nitrogens with zero attached hydrogens (tertiary/aromatic N) is 4. The van der Waals surface area contributed by atoms with E-state index in [2.05, 4.69) is 37.7 Å². The van der Waals surface area contributed by atoms with Crippen molar-refractivity contribution in [2.45, 2.75) is 52.6 Å². The summed E-state index contributed by atoms with van der Waals surface area (Å²) in [6.45, 7) is 9.31. The van der Waals surface area contributed by atoms with E-state index in [1.54, 1.807) is 4.90 Å². The summed E-state index contributed by atoms with van der Waals surface area (Å²) in [5.74, 6) is -0.0868. The number of carbonyl (C=O) groups is 2. The van der Waals surface area contributed by atoms with E-state index < -0.39 is 0 Å². The quantitative estimate of drug-likeness (QED) is 0.804. The molecule has 1 saturated heterocycles. The fourth-order valence-electron chi connectivity index (χ4n) is 2.85. The van der Waals surface area contributed by atoms with Crippen molar-refractivity contribution in [2.24, 2.45) is 5.92 Å². The van der Waals surface area contributed by atoms with Gasteiger partial charge in [-0.15, -0.1) is 0 Å². The third-order valence-corrected chi connectivity index (χ3v) is 4.69. The minimum absolute atomic E-state index is 0.0985. The Labute approximate surface area is 137 Å². The molecular weight excluding hydrogens is 292 g/mol. The molecule has 1 aliphatic rings. The highest BCUT2D eigenvalue weighted by Crippen LogP contribution is 2.23. The summed E-state index contributed by atoms with van der Waals surface area (Å²) in [5, 5.41) is 0. The van der Waals surface area contributed by atoms with E-state index in [1.165, 1.54) is 18.6 Å². The maximum atomic E-state index is 12.8. The van der Waals surface area contributed by atoms with Crippen molar-refractivity contribution in [1.82, 2.24) is 19.8 Å².